The lowest BCUT2D eigenvalue weighted by Gasteiger charge is -2.27. The third kappa shape index (κ3) is 3.54. The molecule has 0 bridgehead atoms. The number of nitroso groups, excluding NO2 is 1. The maximum absolute atomic E-state index is 10.2. The maximum Gasteiger partial charge on any atom is 0.325 e. The van der Waals surface area contributed by atoms with Gasteiger partial charge in [0.2, 0.25) is 0 Å². The van der Waals surface area contributed by atoms with Crippen LogP contribution in [0.2, 0.25) is 0 Å². The average molecular weight is 160 g/mol. The van der Waals surface area contributed by atoms with Crippen molar-refractivity contribution >= 4 is 5.97 Å². The minimum absolute atomic E-state index is 0.354. The van der Waals surface area contributed by atoms with E-state index >= 15 is 0 Å². The molecule has 0 heterocycles. The van der Waals surface area contributed by atoms with Crippen LogP contribution in [0.25, 0.3) is 0 Å². The average Bonchev–Trinajstić information content (AvgIpc) is 1.79. The molecule has 0 saturated heterocycles. The standard InChI is InChI=1S/C6H12N2O3/c1-6(2,3)8(7-11)4-5(9)10/h4H2,1-3H3,(H,9,10). The molecule has 0 radical (unpaired) electrons. The van der Waals surface area contributed by atoms with E-state index in [0.717, 1.165) is 5.01 Å². The number of carbonyl (C=O) groups is 1. The summed E-state index contributed by atoms with van der Waals surface area (Å²) in [6.45, 7) is 4.80. The van der Waals surface area contributed by atoms with Crippen LogP contribution < -0.4 is 0 Å². The van der Waals surface area contributed by atoms with Crippen LogP contribution in [-0.4, -0.2) is 28.2 Å². The normalized spacial score (nSPS) is 10.8. The molecule has 0 unspecified atom stereocenters. The van der Waals surface area contributed by atoms with E-state index < -0.39 is 11.5 Å². The largest absolute Gasteiger partial charge is 0.480 e. The number of rotatable bonds is 3. The van der Waals surface area contributed by atoms with Gasteiger partial charge in [0.25, 0.3) is 0 Å². The van der Waals surface area contributed by atoms with E-state index in [1.54, 1.807) is 20.8 Å². The minimum Gasteiger partial charge on any atom is -0.480 e. The van der Waals surface area contributed by atoms with Gasteiger partial charge in [-0.1, -0.05) is 0 Å². The first-order chi connectivity index (χ1) is 4.88. The number of hydrogen-bond acceptors (Lipinski definition) is 3. The summed E-state index contributed by atoms with van der Waals surface area (Å²) >= 11 is 0. The van der Waals surface area contributed by atoms with Crippen LogP contribution in [-0.2, 0) is 4.79 Å². The topological polar surface area (TPSA) is 70.0 Å². The van der Waals surface area contributed by atoms with Gasteiger partial charge in [0.05, 0.1) is 10.8 Å². The molecule has 5 heteroatoms. The highest BCUT2D eigenvalue weighted by Gasteiger charge is 2.22. The van der Waals surface area contributed by atoms with Gasteiger partial charge in [0.15, 0.2) is 0 Å². The van der Waals surface area contributed by atoms with Gasteiger partial charge in [-0.05, 0) is 20.8 Å². The third-order valence-electron chi connectivity index (χ3n) is 1.16. The number of carboxylic acids is 1. The molecule has 5 nitrogen and oxygen atoms in total. The second-order valence-corrected chi connectivity index (χ2v) is 3.20. The zero-order valence-electron chi connectivity index (χ0n) is 6.87. The lowest BCUT2D eigenvalue weighted by atomic mass is 10.1. The molecule has 0 aromatic carbocycles. The lowest BCUT2D eigenvalue weighted by Crippen LogP contribution is -2.40. The second-order valence-electron chi connectivity index (χ2n) is 3.20. The predicted molar refractivity (Wildman–Crippen MR) is 39.9 cm³/mol. The Morgan fingerprint density at radius 2 is 2.00 bits per heavy atom. The van der Waals surface area contributed by atoms with Crippen LogP contribution in [0.15, 0.2) is 5.29 Å². The van der Waals surface area contributed by atoms with Gasteiger partial charge in [0.1, 0.15) is 6.54 Å². The smallest absolute Gasteiger partial charge is 0.325 e. The Hall–Kier alpha value is -1.13. The Balaban J connectivity index is 4.18. The molecule has 0 atom stereocenters. The lowest BCUT2D eigenvalue weighted by molar-refractivity contribution is -0.139. The zero-order chi connectivity index (χ0) is 9.07. The molecule has 11 heavy (non-hydrogen) atoms. The number of aliphatic carboxylic acids is 1. The third-order valence-corrected chi connectivity index (χ3v) is 1.16. The van der Waals surface area contributed by atoms with Crippen molar-refractivity contribution in [3.05, 3.63) is 4.91 Å². The summed E-state index contributed by atoms with van der Waals surface area (Å²) in [5, 5.41) is 11.9. The van der Waals surface area contributed by atoms with Gasteiger partial charge in [-0.15, -0.1) is 4.91 Å². The van der Waals surface area contributed by atoms with Crippen molar-refractivity contribution < 1.29 is 9.90 Å². The van der Waals surface area contributed by atoms with Crippen molar-refractivity contribution in [2.45, 2.75) is 26.3 Å². The summed E-state index contributed by atoms with van der Waals surface area (Å²) in [5.74, 6) is -1.06. The molecule has 0 aliphatic rings. The predicted octanol–water partition coefficient (Wildman–Crippen LogP) is 0.853. The molecule has 0 aliphatic heterocycles. The quantitative estimate of drug-likeness (QED) is 0.491. The Morgan fingerprint density at radius 1 is 1.55 bits per heavy atom. The van der Waals surface area contributed by atoms with Crippen molar-refractivity contribution in [3.63, 3.8) is 0 Å². The van der Waals surface area contributed by atoms with Crippen molar-refractivity contribution in [2.24, 2.45) is 5.29 Å². The van der Waals surface area contributed by atoms with Gasteiger partial charge in [0, 0.05) is 0 Å². The molecule has 1 N–H and O–H groups in total. The highest BCUT2D eigenvalue weighted by Crippen LogP contribution is 2.12. The molecular weight excluding hydrogens is 148 g/mol. The van der Waals surface area contributed by atoms with Gasteiger partial charge in [-0.2, -0.15) is 0 Å². The van der Waals surface area contributed by atoms with E-state index in [1.165, 1.54) is 0 Å². The summed E-state index contributed by atoms with van der Waals surface area (Å²) < 4.78 is 0. The molecule has 0 saturated carbocycles. The summed E-state index contributed by atoms with van der Waals surface area (Å²) in [7, 11) is 0. The van der Waals surface area contributed by atoms with E-state index in [-0.39, 0.29) is 6.54 Å². The number of carboxylic acid groups (broad SMARTS) is 1. The van der Waals surface area contributed by atoms with Gasteiger partial charge in [-0.3, -0.25) is 4.79 Å². The number of nitrogens with zero attached hydrogens (tertiary/aromatic N) is 2. The molecule has 0 rings (SSSR count). The van der Waals surface area contributed by atoms with Crippen molar-refractivity contribution in [2.75, 3.05) is 6.54 Å². The van der Waals surface area contributed by atoms with Gasteiger partial charge >= 0.3 is 5.97 Å². The SMILES string of the molecule is CC(C)(C)N(CC(=O)O)N=O. The number of hydrogen-bond donors (Lipinski definition) is 1. The Labute approximate surface area is 64.9 Å². The van der Waals surface area contributed by atoms with Gasteiger partial charge in [-0.25, -0.2) is 5.01 Å². The van der Waals surface area contributed by atoms with Crippen molar-refractivity contribution in [3.8, 4) is 0 Å². The summed E-state index contributed by atoms with van der Waals surface area (Å²) in [4.78, 5) is 20.3. The Kier molecular flexibility index (Phi) is 2.98. The second kappa shape index (κ2) is 3.32. The maximum atomic E-state index is 10.2. The molecule has 0 spiro atoms. The molecule has 0 fully saturated rings. The first kappa shape index (κ1) is 9.87. The molecule has 0 aromatic heterocycles. The van der Waals surface area contributed by atoms with Crippen LogP contribution >= 0.6 is 0 Å². The van der Waals surface area contributed by atoms with Crippen LogP contribution in [0.3, 0.4) is 0 Å². The first-order valence-electron chi connectivity index (χ1n) is 3.20. The van der Waals surface area contributed by atoms with E-state index in [2.05, 4.69) is 5.29 Å². The van der Waals surface area contributed by atoms with Crippen LogP contribution in [0.1, 0.15) is 20.8 Å². The monoisotopic (exact) mass is 160 g/mol. The molecular formula is C6H12N2O3. The minimum atomic E-state index is -1.06. The van der Waals surface area contributed by atoms with Crippen LogP contribution in [0, 0.1) is 4.91 Å². The zero-order valence-corrected chi connectivity index (χ0v) is 6.87. The van der Waals surface area contributed by atoms with E-state index in [0.29, 0.717) is 0 Å². The Morgan fingerprint density at radius 3 is 2.09 bits per heavy atom. The highest BCUT2D eigenvalue weighted by atomic mass is 16.4. The molecule has 64 valence electrons. The summed E-state index contributed by atoms with van der Waals surface area (Å²) in [6, 6.07) is 0. The van der Waals surface area contributed by atoms with Crippen LogP contribution in [0.5, 0.6) is 0 Å². The molecule has 0 aliphatic carbocycles. The molecule has 0 aromatic rings. The van der Waals surface area contributed by atoms with Crippen molar-refractivity contribution in [1.29, 1.82) is 0 Å². The summed E-state index contributed by atoms with van der Waals surface area (Å²) in [6.07, 6.45) is 0. The Bertz CT molecular complexity index is 162. The van der Waals surface area contributed by atoms with Gasteiger partial charge < -0.3 is 5.11 Å². The fourth-order valence-corrected chi connectivity index (χ4v) is 0.517. The fraction of sp³-hybridized carbons (Fsp3) is 0.833. The molecule has 0 amide bonds. The van der Waals surface area contributed by atoms with E-state index in [9.17, 15) is 9.70 Å². The van der Waals surface area contributed by atoms with Crippen molar-refractivity contribution in [1.82, 2.24) is 5.01 Å². The fourth-order valence-electron chi connectivity index (χ4n) is 0.517. The summed E-state index contributed by atoms with van der Waals surface area (Å²) in [5.41, 5.74) is -0.528. The highest BCUT2D eigenvalue weighted by molar-refractivity contribution is 5.69. The van der Waals surface area contributed by atoms with Crippen LogP contribution in [0.4, 0.5) is 0 Å². The van der Waals surface area contributed by atoms with E-state index in [1.807, 2.05) is 0 Å². The first-order valence-corrected chi connectivity index (χ1v) is 3.20. The van der Waals surface area contributed by atoms with E-state index in [4.69, 9.17) is 5.11 Å².